The molecule has 0 aliphatic carbocycles. The van der Waals surface area contributed by atoms with Crippen LogP contribution in [0.1, 0.15) is 11.1 Å². The first kappa shape index (κ1) is 14.4. The number of rotatable bonds is 4. The molecule has 0 atom stereocenters. The van der Waals surface area contributed by atoms with Crippen LogP contribution in [0.5, 0.6) is 0 Å². The van der Waals surface area contributed by atoms with Crippen molar-refractivity contribution in [1.82, 2.24) is 0 Å². The number of hydrogen-bond acceptors (Lipinski definition) is 4. The molecule has 2 aromatic carbocycles. The second-order valence-corrected chi connectivity index (χ2v) is 4.19. The summed E-state index contributed by atoms with van der Waals surface area (Å²) < 4.78 is 26.5. The molecular weight excluding hydrogens is 280 g/mol. The zero-order valence-corrected chi connectivity index (χ0v) is 10.6. The molecular formula is C14H9F2N3O2. The van der Waals surface area contributed by atoms with Crippen LogP contribution in [0.3, 0.4) is 0 Å². The molecule has 0 aliphatic rings. The summed E-state index contributed by atoms with van der Waals surface area (Å²) in [5.74, 6) is -1.15. The Labute approximate surface area is 118 Å². The van der Waals surface area contributed by atoms with Crippen molar-refractivity contribution >= 4 is 11.4 Å². The quantitative estimate of drug-likeness (QED) is 0.691. The minimum Gasteiger partial charge on any atom is -0.380 e. The molecule has 2 rings (SSSR count). The lowest BCUT2D eigenvalue weighted by molar-refractivity contribution is -0.384. The number of hydrogen-bond donors (Lipinski definition) is 1. The molecule has 0 unspecified atom stereocenters. The fraction of sp³-hybridized carbons (Fsp3) is 0.0714. The summed E-state index contributed by atoms with van der Waals surface area (Å²) in [6.45, 7) is -0.0456. The van der Waals surface area contributed by atoms with Crippen molar-refractivity contribution < 1.29 is 13.7 Å². The molecule has 0 spiro atoms. The zero-order valence-electron chi connectivity index (χ0n) is 10.6. The van der Waals surface area contributed by atoms with Gasteiger partial charge in [0.25, 0.3) is 5.69 Å². The van der Waals surface area contributed by atoms with Crippen LogP contribution in [0.4, 0.5) is 20.2 Å². The number of nitrogens with one attached hydrogen (secondary N) is 1. The van der Waals surface area contributed by atoms with Gasteiger partial charge in [0.15, 0.2) is 0 Å². The van der Waals surface area contributed by atoms with E-state index < -0.39 is 16.6 Å². The first-order chi connectivity index (χ1) is 10.0. The minimum absolute atomic E-state index is 0.0456. The molecule has 2 aromatic rings. The van der Waals surface area contributed by atoms with Gasteiger partial charge in [-0.2, -0.15) is 5.26 Å². The van der Waals surface area contributed by atoms with Crippen molar-refractivity contribution in [2.75, 3.05) is 5.32 Å². The molecule has 21 heavy (non-hydrogen) atoms. The van der Waals surface area contributed by atoms with Crippen LogP contribution < -0.4 is 5.32 Å². The molecule has 5 nitrogen and oxygen atoms in total. The molecule has 0 radical (unpaired) electrons. The van der Waals surface area contributed by atoms with Crippen LogP contribution in [0.25, 0.3) is 0 Å². The first-order valence-corrected chi connectivity index (χ1v) is 5.87. The normalized spacial score (nSPS) is 9.95. The Kier molecular flexibility index (Phi) is 4.09. The van der Waals surface area contributed by atoms with Gasteiger partial charge in [-0.25, -0.2) is 8.78 Å². The van der Waals surface area contributed by atoms with E-state index in [2.05, 4.69) is 5.32 Å². The van der Waals surface area contributed by atoms with E-state index in [0.717, 1.165) is 24.3 Å². The van der Waals surface area contributed by atoms with E-state index in [0.29, 0.717) is 5.69 Å². The molecule has 106 valence electrons. The number of nitrogens with zero attached hydrogens (tertiary/aromatic N) is 2. The molecule has 0 bridgehead atoms. The van der Waals surface area contributed by atoms with E-state index in [1.54, 1.807) is 0 Å². The fourth-order valence-corrected chi connectivity index (χ4v) is 1.76. The molecule has 0 amide bonds. The van der Waals surface area contributed by atoms with Crippen molar-refractivity contribution in [1.29, 1.82) is 5.26 Å². The topological polar surface area (TPSA) is 79.0 Å². The van der Waals surface area contributed by atoms with E-state index in [1.807, 2.05) is 6.07 Å². The van der Waals surface area contributed by atoms with E-state index >= 15 is 0 Å². The highest BCUT2D eigenvalue weighted by Crippen LogP contribution is 2.22. The lowest BCUT2D eigenvalue weighted by Gasteiger charge is -2.09. The number of nitro groups is 1. The minimum atomic E-state index is -0.614. The monoisotopic (exact) mass is 289 g/mol. The van der Waals surface area contributed by atoms with E-state index in [1.165, 1.54) is 12.1 Å². The maximum atomic E-state index is 13.5. The van der Waals surface area contributed by atoms with Gasteiger partial charge >= 0.3 is 0 Å². The van der Waals surface area contributed by atoms with Crippen LogP contribution in [0, 0.1) is 33.1 Å². The summed E-state index contributed by atoms with van der Waals surface area (Å²) in [6.07, 6.45) is 0. The van der Waals surface area contributed by atoms with Crippen LogP contribution in [-0.2, 0) is 6.54 Å². The summed E-state index contributed by atoms with van der Waals surface area (Å²) in [5, 5.41) is 22.4. The molecule has 0 heterocycles. The molecule has 0 saturated carbocycles. The van der Waals surface area contributed by atoms with Crippen LogP contribution in [0.15, 0.2) is 36.4 Å². The predicted molar refractivity (Wildman–Crippen MR) is 71.5 cm³/mol. The summed E-state index contributed by atoms with van der Waals surface area (Å²) >= 11 is 0. The highest BCUT2D eigenvalue weighted by Gasteiger charge is 2.11. The van der Waals surface area contributed by atoms with Crippen LogP contribution in [-0.4, -0.2) is 4.92 Å². The molecule has 1 N–H and O–H groups in total. The van der Waals surface area contributed by atoms with E-state index in [9.17, 15) is 18.9 Å². The third-order valence-electron chi connectivity index (χ3n) is 2.81. The van der Waals surface area contributed by atoms with Gasteiger partial charge in [-0.3, -0.25) is 10.1 Å². The van der Waals surface area contributed by atoms with Gasteiger partial charge in [-0.15, -0.1) is 0 Å². The maximum absolute atomic E-state index is 13.5. The first-order valence-electron chi connectivity index (χ1n) is 5.87. The summed E-state index contributed by atoms with van der Waals surface area (Å²) in [4.78, 5) is 10.0. The molecule has 0 aliphatic heterocycles. The van der Waals surface area contributed by atoms with Crippen molar-refractivity contribution in [3.63, 3.8) is 0 Å². The van der Waals surface area contributed by atoms with E-state index in [4.69, 9.17) is 5.26 Å². The zero-order chi connectivity index (χ0) is 15.4. The summed E-state index contributed by atoms with van der Waals surface area (Å²) in [7, 11) is 0. The van der Waals surface area contributed by atoms with Crippen LogP contribution in [0.2, 0.25) is 0 Å². The van der Waals surface area contributed by atoms with Gasteiger partial charge < -0.3 is 5.32 Å². The van der Waals surface area contributed by atoms with Gasteiger partial charge in [0, 0.05) is 24.2 Å². The average molecular weight is 289 g/mol. The smallest absolute Gasteiger partial charge is 0.270 e. The number of nitriles is 1. The van der Waals surface area contributed by atoms with Gasteiger partial charge in [0.2, 0.25) is 0 Å². The Morgan fingerprint density at radius 3 is 2.67 bits per heavy atom. The van der Waals surface area contributed by atoms with Gasteiger partial charge in [0.1, 0.15) is 17.7 Å². The largest absolute Gasteiger partial charge is 0.380 e. The lowest BCUT2D eigenvalue weighted by Crippen LogP contribution is -2.04. The highest BCUT2D eigenvalue weighted by molar-refractivity contribution is 5.61. The highest BCUT2D eigenvalue weighted by atomic mass is 19.1. The average Bonchev–Trinajstić information content (AvgIpc) is 2.47. The molecule has 0 saturated heterocycles. The third kappa shape index (κ3) is 3.30. The Morgan fingerprint density at radius 2 is 2.00 bits per heavy atom. The maximum Gasteiger partial charge on any atom is 0.270 e. The van der Waals surface area contributed by atoms with Crippen molar-refractivity contribution in [2.45, 2.75) is 6.54 Å². The van der Waals surface area contributed by atoms with Gasteiger partial charge in [-0.05, 0) is 24.3 Å². The Hall–Kier alpha value is -3.01. The molecule has 7 heteroatoms. The number of benzene rings is 2. The van der Waals surface area contributed by atoms with Gasteiger partial charge in [0.05, 0.1) is 16.2 Å². The van der Waals surface area contributed by atoms with Gasteiger partial charge in [-0.1, -0.05) is 0 Å². The number of halogens is 2. The Morgan fingerprint density at radius 1 is 1.24 bits per heavy atom. The van der Waals surface area contributed by atoms with Crippen molar-refractivity contribution in [2.24, 2.45) is 0 Å². The molecule has 0 aromatic heterocycles. The molecule has 0 fully saturated rings. The van der Waals surface area contributed by atoms with Crippen molar-refractivity contribution in [3.05, 3.63) is 69.3 Å². The lowest BCUT2D eigenvalue weighted by atomic mass is 10.1. The SMILES string of the molecule is N#Cc1cc([N+](=O)[O-])ccc1NCc1cc(F)ccc1F. The number of nitro benzene ring substituents is 1. The Balaban J connectivity index is 2.22. The standard InChI is InChI=1S/C14H9F2N3O2/c15-11-1-3-13(16)10(5-11)8-18-14-4-2-12(19(20)21)6-9(14)7-17/h1-6,18H,8H2. The second-order valence-electron chi connectivity index (χ2n) is 4.19. The number of anilines is 1. The summed E-state index contributed by atoms with van der Waals surface area (Å²) in [5.41, 5.74) is 0.249. The predicted octanol–water partition coefficient (Wildman–Crippen LogP) is 3.36. The number of non-ortho nitro benzene ring substituents is 1. The Bertz CT molecular complexity index is 741. The third-order valence-corrected chi connectivity index (χ3v) is 2.81. The summed E-state index contributed by atoms with van der Waals surface area (Å²) in [6, 6.07) is 8.57. The van der Waals surface area contributed by atoms with Crippen molar-refractivity contribution in [3.8, 4) is 6.07 Å². The fourth-order valence-electron chi connectivity index (χ4n) is 1.76. The van der Waals surface area contributed by atoms with E-state index in [-0.39, 0.29) is 23.4 Å². The van der Waals surface area contributed by atoms with Crippen LogP contribution >= 0.6 is 0 Å². The second kappa shape index (κ2) is 5.96.